The van der Waals surface area contributed by atoms with Gasteiger partial charge < -0.3 is 10.1 Å². The van der Waals surface area contributed by atoms with Crippen molar-refractivity contribution >= 4 is 23.2 Å². The fourth-order valence-corrected chi connectivity index (χ4v) is 2.15. The van der Waals surface area contributed by atoms with Crippen molar-refractivity contribution in [1.29, 1.82) is 0 Å². The Morgan fingerprint density at radius 2 is 1.95 bits per heavy atom. The molecule has 0 aromatic heterocycles. The van der Waals surface area contributed by atoms with Gasteiger partial charge in [-0.25, -0.2) is 4.39 Å². The van der Waals surface area contributed by atoms with Gasteiger partial charge in [-0.05, 0) is 37.2 Å². The molecule has 21 heavy (non-hydrogen) atoms. The standard InChI is InChI=1S/C16H16Cl2FNO/c1-2-8-20-10-12-15(19)4-3-5-16(12)21-11-6-7-13(17)14(18)9-11/h3-7,9,20H,2,8,10H2,1H3. The molecule has 0 bridgehead atoms. The molecule has 0 saturated heterocycles. The van der Waals surface area contributed by atoms with Gasteiger partial charge in [-0.2, -0.15) is 0 Å². The van der Waals surface area contributed by atoms with Gasteiger partial charge in [0.1, 0.15) is 17.3 Å². The van der Waals surface area contributed by atoms with E-state index < -0.39 is 0 Å². The Hall–Kier alpha value is -1.29. The summed E-state index contributed by atoms with van der Waals surface area (Å²) in [5.74, 6) is 0.694. The van der Waals surface area contributed by atoms with Crippen molar-refractivity contribution in [2.24, 2.45) is 0 Å². The highest BCUT2D eigenvalue weighted by Gasteiger charge is 2.11. The lowest BCUT2D eigenvalue weighted by Gasteiger charge is -2.13. The first-order chi connectivity index (χ1) is 10.1. The second-order valence-corrected chi connectivity index (χ2v) is 5.39. The van der Waals surface area contributed by atoms with E-state index in [2.05, 4.69) is 12.2 Å². The number of ether oxygens (including phenoxy) is 1. The maximum absolute atomic E-state index is 14.0. The number of hydrogen-bond acceptors (Lipinski definition) is 2. The lowest BCUT2D eigenvalue weighted by Crippen LogP contribution is -2.15. The third-order valence-electron chi connectivity index (χ3n) is 2.92. The van der Waals surface area contributed by atoms with Crippen LogP contribution in [-0.2, 0) is 6.54 Å². The number of benzene rings is 2. The van der Waals surface area contributed by atoms with Crippen molar-refractivity contribution in [3.8, 4) is 11.5 Å². The number of halogens is 3. The molecule has 0 unspecified atom stereocenters. The summed E-state index contributed by atoms with van der Waals surface area (Å²) < 4.78 is 19.7. The molecule has 2 aromatic rings. The minimum absolute atomic E-state index is 0.295. The van der Waals surface area contributed by atoms with E-state index in [-0.39, 0.29) is 5.82 Å². The average molecular weight is 328 g/mol. The van der Waals surface area contributed by atoms with Crippen LogP contribution in [0.15, 0.2) is 36.4 Å². The van der Waals surface area contributed by atoms with Crippen molar-refractivity contribution in [3.05, 3.63) is 57.8 Å². The molecular weight excluding hydrogens is 312 g/mol. The molecule has 0 aliphatic rings. The van der Waals surface area contributed by atoms with Gasteiger partial charge in [-0.1, -0.05) is 36.2 Å². The Labute approximate surface area is 133 Å². The maximum atomic E-state index is 14.0. The summed E-state index contributed by atoms with van der Waals surface area (Å²) in [6.07, 6.45) is 0.984. The van der Waals surface area contributed by atoms with Gasteiger partial charge in [-0.3, -0.25) is 0 Å². The van der Waals surface area contributed by atoms with Gasteiger partial charge in [-0.15, -0.1) is 0 Å². The van der Waals surface area contributed by atoms with Gasteiger partial charge >= 0.3 is 0 Å². The summed E-state index contributed by atoms with van der Waals surface area (Å²) >= 11 is 11.8. The van der Waals surface area contributed by atoms with Crippen LogP contribution in [0.4, 0.5) is 4.39 Å². The van der Waals surface area contributed by atoms with E-state index in [1.807, 2.05) is 0 Å². The topological polar surface area (TPSA) is 21.3 Å². The van der Waals surface area contributed by atoms with E-state index in [0.717, 1.165) is 13.0 Å². The van der Waals surface area contributed by atoms with E-state index >= 15 is 0 Å². The van der Waals surface area contributed by atoms with E-state index in [0.29, 0.717) is 33.7 Å². The van der Waals surface area contributed by atoms with Crippen LogP contribution in [0, 0.1) is 5.82 Å². The zero-order valence-electron chi connectivity index (χ0n) is 11.6. The predicted molar refractivity (Wildman–Crippen MR) is 84.9 cm³/mol. The normalized spacial score (nSPS) is 10.7. The summed E-state index contributed by atoms with van der Waals surface area (Å²) in [4.78, 5) is 0. The second kappa shape index (κ2) is 7.64. The second-order valence-electron chi connectivity index (χ2n) is 4.57. The van der Waals surface area contributed by atoms with Gasteiger partial charge in [0.05, 0.1) is 10.0 Å². The van der Waals surface area contributed by atoms with Crippen LogP contribution in [-0.4, -0.2) is 6.54 Å². The first-order valence-electron chi connectivity index (χ1n) is 6.73. The van der Waals surface area contributed by atoms with Gasteiger partial charge in [0.25, 0.3) is 0 Å². The minimum atomic E-state index is -0.295. The van der Waals surface area contributed by atoms with Crippen LogP contribution >= 0.6 is 23.2 Å². The van der Waals surface area contributed by atoms with Gasteiger partial charge in [0, 0.05) is 18.2 Å². The molecule has 0 aliphatic heterocycles. The molecule has 0 aliphatic carbocycles. The Kier molecular flexibility index (Phi) is 5.85. The lowest BCUT2D eigenvalue weighted by atomic mass is 10.2. The molecular formula is C16H16Cl2FNO. The predicted octanol–water partition coefficient (Wildman–Crippen LogP) is 5.42. The number of rotatable bonds is 6. The Balaban J connectivity index is 2.22. The fraction of sp³-hybridized carbons (Fsp3) is 0.250. The molecule has 112 valence electrons. The van der Waals surface area contributed by atoms with E-state index in [4.69, 9.17) is 27.9 Å². The summed E-state index contributed by atoms with van der Waals surface area (Å²) in [5, 5.41) is 4.02. The molecule has 0 radical (unpaired) electrons. The Morgan fingerprint density at radius 1 is 1.14 bits per heavy atom. The third-order valence-corrected chi connectivity index (χ3v) is 3.66. The average Bonchev–Trinajstić information content (AvgIpc) is 2.46. The van der Waals surface area contributed by atoms with E-state index in [1.54, 1.807) is 30.3 Å². The van der Waals surface area contributed by atoms with E-state index in [9.17, 15) is 4.39 Å². The van der Waals surface area contributed by atoms with Crippen LogP contribution in [0.5, 0.6) is 11.5 Å². The third kappa shape index (κ3) is 4.34. The minimum Gasteiger partial charge on any atom is -0.457 e. The number of hydrogen-bond donors (Lipinski definition) is 1. The van der Waals surface area contributed by atoms with Crippen LogP contribution in [0.1, 0.15) is 18.9 Å². The zero-order valence-corrected chi connectivity index (χ0v) is 13.1. The molecule has 0 heterocycles. The van der Waals surface area contributed by atoms with Crippen molar-refractivity contribution in [1.82, 2.24) is 5.32 Å². The Morgan fingerprint density at radius 3 is 2.67 bits per heavy atom. The molecule has 1 N–H and O–H groups in total. The highest BCUT2D eigenvalue weighted by molar-refractivity contribution is 6.42. The SMILES string of the molecule is CCCNCc1c(F)cccc1Oc1ccc(Cl)c(Cl)c1. The van der Waals surface area contributed by atoms with Crippen molar-refractivity contribution in [2.75, 3.05) is 6.54 Å². The monoisotopic (exact) mass is 327 g/mol. The smallest absolute Gasteiger partial charge is 0.134 e. The molecule has 0 atom stereocenters. The number of nitrogens with one attached hydrogen (secondary N) is 1. The molecule has 5 heteroatoms. The van der Waals surface area contributed by atoms with Crippen molar-refractivity contribution in [3.63, 3.8) is 0 Å². The highest BCUT2D eigenvalue weighted by Crippen LogP contribution is 2.31. The van der Waals surface area contributed by atoms with Crippen LogP contribution in [0.3, 0.4) is 0 Å². The van der Waals surface area contributed by atoms with Crippen LogP contribution in [0.2, 0.25) is 10.0 Å². The highest BCUT2D eigenvalue weighted by atomic mass is 35.5. The maximum Gasteiger partial charge on any atom is 0.134 e. The van der Waals surface area contributed by atoms with Crippen LogP contribution in [0.25, 0.3) is 0 Å². The first kappa shape index (κ1) is 16.1. The summed E-state index contributed by atoms with van der Waals surface area (Å²) in [6.45, 7) is 3.29. The van der Waals surface area contributed by atoms with Crippen molar-refractivity contribution in [2.45, 2.75) is 19.9 Å². The fourth-order valence-electron chi connectivity index (χ4n) is 1.86. The zero-order chi connectivity index (χ0) is 15.2. The summed E-state index contributed by atoms with van der Waals surface area (Å²) in [5.41, 5.74) is 0.497. The molecule has 0 fully saturated rings. The summed E-state index contributed by atoms with van der Waals surface area (Å²) in [6, 6.07) is 9.72. The van der Waals surface area contributed by atoms with Crippen LogP contribution < -0.4 is 10.1 Å². The van der Waals surface area contributed by atoms with Gasteiger partial charge in [0.2, 0.25) is 0 Å². The van der Waals surface area contributed by atoms with Gasteiger partial charge in [0.15, 0.2) is 0 Å². The first-order valence-corrected chi connectivity index (χ1v) is 7.48. The molecule has 2 rings (SSSR count). The Bertz CT molecular complexity index is 619. The summed E-state index contributed by atoms with van der Waals surface area (Å²) in [7, 11) is 0. The van der Waals surface area contributed by atoms with E-state index in [1.165, 1.54) is 6.07 Å². The quantitative estimate of drug-likeness (QED) is 0.715. The molecule has 0 saturated carbocycles. The molecule has 0 amide bonds. The largest absolute Gasteiger partial charge is 0.457 e. The molecule has 2 nitrogen and oxygen atoms in total. The van der Waals surface area contributed by atoms with Crippen molar-refractivity contribution < 1.29 is 9.13 Å². The lowest BCUT2D eigenvalue weighted by molar-refractivity contribution is 0.462. The molecule has 0 spiro atoms. The molecule has 2 aromatic carbocycles.